The fraction of sp³-hybridized carbons (Fsp3) is 0.244. The van der Waals surface area contributed by atoms with Gasteiger partial charge in [-0.2, -0.15) is 0 Å². The number of fused-ring (bicyclic) bond motifs is 2. The van der Waals surface area contributed by atoms with Gasteiger partial charge in [-0.25, -0.2) is 63.4 Å². The molecule has 0 aromatic carbocycles. The molecule has 8 aromatic heterocycles. The zero-order valence-electron chi connectivity index (χ0n) is 38.3. The summed E-state index contributed by atoms with van der Waals surface area (Å²) in [5.41, 5.74) is 3.63. The molecule has 2 aliphatic rings. The number of imidazole rings is 2. The quantitative estimate of drug-likeness (QED) is 0.0969. The highest BCUT2D eigenvalue weighted by atomic mass is 35.5. The Hall–Kier alpha value is -7.44. The van der Waals surface area contributed by atoms with Gasteiger partial charge in [0.2, 0.25) is 0 Å². The number of aryl methyl sites for hydroxylation is 4. The number of carbonyl (C=O) groups excluding carboxylic acids is 3. The SMILES string of the molecule is Cc1cn2cc(NC(=O)c3cnc(Cl)cn3)c(F)c(C)c2n1.Cc1cn2cc(NC(=O)c3cnc(N4CC(CNC5CC5)C4)cn3)c(F)c(C)c2n1.O=C(Cl)c1cnc(Cl)cn1.O=C(O)c1cnc(Cl)cn1. The minimum atomic E-state index is -1.11. The van der Waals surface area contributed by atoms with Gasteiger partial charge in [0.1, 0.15) is 49.7 Å². The average molecular weight is 1060 g/mol. The summed E-state index contributed by atoms with van der Waals surface area (Å²) < 4.78 is 32.4. The molecule has 27 heteroatoms. The number of rotatable bonds is 10. The van der Waals surface area contributed by atoms with E-state index in [1.165, 1.54) is 62.4 Å². The Labute approximate surface area is 427 Å². The number of aromatic nitrogens is 12. The first kappa shape index (κ1) is 52.4. The third-order valence-corrected chi connectivity index (χ3v) is 11.3. The number of hydrogen-bond acceptors (Lipinski definition) is 16. The first-order chi connectivity index (χ1) is 34.3. The maximum Gasteiger partial charge on any atom is 0.356 e. The van der Waals surface area contributed by atoms with Crippen LogP contribution in [-0.4, -0.2) is 112 Å². The number of carboxylic acids is 1. The first-order valence-electron chi connectivity index (χ1n) is 21.4. The molecule has 0 spiro atoms. The number of anilines is 3. The van der Waals surface area contributed by atoms with Gasteiger partial charge in [-0.15, -0.1) is 0 Å². The molecule has 1 saturated carbocycles. The zero-order valence-corrected chi connectivity index (χ0v) is 41.3. The molecule has 72 heavy (non-hydrogen) atoms. The van der Waals surface area contributed by atoms with Gasteiger partial charge >= 0.3 is 5.97 Å². The molecule has 1 saturated heterocycles. The Morgan fingerprint density at radius 3 is 1.43 bits per heavy atom. The second kappa shape index (κ2) is 23.2. The van der Waals surface area contributed by atoms with Crippen LogP contribution in [0.3, 0.4) is 0 Å². The first-order valence-corrected chi connectivity index (χ1v) is 22.9. The van der Waals surface area contributed by atoms with Crippen LogP contribution in [0, 0.1) is 45.2 Å². The minimum absolute atomic E-state index is 0.0448. The van der Waals surface area contributed by atoms with Gasteiger partial charge in [0.15, 0.2) is 17.3 Å². The number of carboxylic acid groups (broad SMARTS) is 1. The van der Waals surface area contributed by atoms with Gasteiger partial charge in [-0.1, -0.05) is 34.8 Å². The van der Waals surface area contributed by atoms with Crippen molar-refractivity contribution in [1.29, 1.82) is 0 Å². The lowest BCUT2D eigenvalue weighted by atomic mass is 10.0. The normalized spacial score (nSPS) is 12.9. The maximum absolute atomic E-state index is 14.7. The van der Waals surface area contributed by atoms with Crippen LogP contribution in [0.4, 0.5) is 26.0 Å². The molecule has 0 radical (unpaired) electrons. The van der Waals surface area contributed by atoms with Crippen molar-refractivity contribution in [2.24, 2.45) is 5.92 Å². The summed E-state index contributed by atoms with van der Waals surface area (Å²) in [6.07, 6.45) is 19.4. The van der Waals surface area contributed by atoms with Crippen LogP contribution < -0.4 is 20.9 Å². The summed E-state index contributed by atoms with van der Waals surface area (Å²) in [5.74, 6) is -1.83. The summed E-state index contributed by atoms with van der Waals surface area (Å²) in [5, 5.41) is 16.9. The lowest BCUT2D eigenvalue weighted by molar-refractivity contribution is 0.0689. The Balaban J connectivity index is 0.000000157. The van der Waals surface area contributed by atoms with Crippen LogP contribution in [0.15, 0.2) is 74.4 Å². The predicted molar refractivity (Wildman–Crippen MR) is 262 cm³/mol. The Morgan fingerprint density at radius 2 is 1.04 bits per heavy atom. The molecule has 2 amide bonds. The van der Waals surface area contributed by atoms with Crippen molar-refractivity contribution in [3.8, 4) is 0 Å². The van der Waals surface area contributed by atoms with Crippen LogP contribution in [0.2, 0.25) is 15.5 Å². The molecule has 372 valence electrons. The number of amides is 2. The van der Waals surface area contributed by atoms with E-state index in [1.54, 1.807) is 41.2 Å². The summed E-state index contributed by atoms with van der Waals surface area (Å²) in [6, 6.07) is 0.726. The molecule has 0 atom stereocenters. The number of halogens is 6. The van der Waals surface area contributed by atoms with Crippen LogP contribution in [-0.2, 0) is 0 Å². The second-order valence-electron chi connectivity index (χ2n) is 16.1. The van der Waals surface area contributed by atoms with Crippen molar-refractivity contribution in [2.75, 3.05) is 35.2 Å². The van der Waals surface area contributed by atoms with Crippen molar-refractivity contribution in [1.82, 2.24) is 64.0 Å². The van der Waals surface area contributed by atoms with Crippen molar-refractivity contribution < 1.29 is 33.1 Å². The topological polar surface area (TPSA) is 266 Å². The summed E-state index contributed by atoms with van der Waals surface area (Å²) in [6.45, 7) is 9.82. The van der Waals surface area contributed by atoms with Gasteiger partial charge in [-0.05, 0) is 52.1 Å². The number of pyridine rings is 2. The average Bonchev–Trinajstić information content (AvgIpc) is 3.98. The van der Waals surface area contributed by atoms with Gasteiger partial charge in [0.25, 0.3) is 17.1 Å². The summed E-state index contributed by atoms with van der Waals surface area (Å²) in [4.78, 5) is 86.3. The van der Waals surface area contributed by atoms with Gasteiger partial charge in [0, 0.05) is 67.5 Å². The molecule has 8 aromatic rings. The molecular weight excluding hydrogens is 1020 g/mol. The molecular formula is C45H40Cl4F2N16O5. The Bertz CT molecular complexity index is 3210. The van der Waals surface area contributed by atoms with E-state index in [-0.39, 0.29) is 49.6 Å². The fourth-order valence-electron chi connectivity index (χ4n) is 6.70. The number of hydrogen-bond donors (Lipinski definition) is 4. The molecule has 10 rings (SSSR count). The van der Waals surface area contributed by atoms with E-state index < -0.39 is 34.7 Å². The molecule has 9 heterocycles. The van der Waals surface area contributed by atoms with Crippen molar-refractivity contribution in [3.05, 3.63) is 147 Å². The number of nitrogens with zero attached hydrogens (tertiary/aromatic N) is 13. The van der Waals surface area contributed by atoms with Crippen molar-refractivity contribution in [2.45, 2.75) is 46.6 Å². The molecule has 2 fully saturated rings. The number of nitrogens with one attached hydrogen (secondary N) is 3. The van der Waals surface area contributed by atoms with Gasteiger partial charge in [0.05, 0.1) is 72.3 Å². The van der Waals surface area contributed by atoms with Crippen LogP contribution in [0.1, 0.15) is 77.3 Å². The molecule has 4 N–H and O–H groups in total. The molecule has 1 aliphatic carbocycles. The van der Waals surface area contributed by atoms with Crippen molar-refractivity contribution in [3.63, 3.8) is 0 Å². The van der Waals surface area contributed by atoms with E-state index in [4.69, 9.17) is 51.5 Å². The third-order valence-electron chi connectivity index (χ3n) is 10.5. The second-order valence-corrected chi connectivity index (χ2v) is 17.6. The highest BCUT2D eigenvalue weighted by molar-refractivity contribution is 6.67. The number of carbonyl (C=O) groups is 4. The molecule has 1 aliphatic heterocycles. The molecule has 21 nitrogen and oxygen atoms in total. The van der Waals surface area contributed by atoms with E-state index in [1.807, 2.05) is 13.8 Å². The van der Waals surface area contributed by atoms with E-state index >= 15 is 0 Å². The van der Waals surface area contributed by atoms with Crippen molar-refractivity contribution >= 4 is 97.9 Å². The highest BCUT2D eigenvalue weighted by Gasteiger charge is 2.30. The minimum Gasteiger partial charge on any atom is -0.476 e. The molecule has 0 bridgehead atoms. The lowest BCUT2D eigenvalue weighted by Gasteiger charge is -2.40. The third kappa shape index (κ3) is 13.5. The molecule has 0 unspecified atom stereocenters. The largest absolute Gasteiger partial charge is 0.476 e. The standard InChI is InChI=1S/C21H24FN7O.C14H11ClFN5O.C5H2Cl2N2O.C5H3ClN2O2/c1-12-8-29-11-17(19(22)13(2)20(29)26-12)27-21(30)16-6-25-18(7-24-16)28-9-14(10-28)5-23-15-3-4-15;1-7-5-21-6-10(12(16)8(2)13(21)19-7)20-14(22)9-3-18-11(15)4-17-9;6-4-2-8-3(1-9-4)5(7)10;6-4-2-7-3(1-8-4)5(9)10/h6-8,11,14-15,23H,3-5,9-10H2,1-2H3,(H,27,30);3-6H,1-2H3,(H,20,22);1-2H;1-2H,(H,9,10). The van der Waals surface area contributed by atoms with Crippen LogP contribution in [0.25, 0.3) is 11.3 Å². The highest BCUT2D eigenvalue weighted by Crippen LogP contribution is 2.26. The summed E-state index contributed by atoms with van der Waals surface area (Å²) >= 11 is 21.4. The predicted octanol–water partition coefficient (Wildman–Crippen LogP) is 7.44. The number of aromatic carboxylic acids is 1. The lowest BCUT2D eigenvalue weighted by Crippen LogP contribution is -2.51. The smallest absolute Gasteiger partial charge is 0.356 e. The maximum atomic E-state index is 14.7. The summed E-state index contributed by atoms with van der Waals surface area (Å²) in [7, 11) is 0. The monoisotopic (exact) mass is 1060 g/mol. The Morgan fingerprint density at radius 1 is 0.611 bits per heavy atom. The van der Waals surface area contributed by atoms with Gasteiger partial charge in [-0.3, -0.25) is 14.4 Å². The van der Waals surface area contributed by atoms with Crippen LogP contribution >= 0.6 is 46.4 Å². The van der Waals surface area contributed by atoms with Gasteiger partial charge < -0.3 is 34.8 Å². The Kier molecular flexibility index (Phi) is 16.9. The van der Waals surface area contributed by atoms with E-state index in [0.29, 0.717) is 28.3 Å². The van der Waals surface area contributed by atoms with Crippen LogP contribution in [0.5, 0.6) is 0 Å². The fourth-order valence-corrected chi connectivity index (χ4v) is 7.09. The van der Waals surface area contributed by atoms with E-state index in [2.05, 4.69) is 70.7 Å². The zero-order chi connectivity index (χ0) is 51.8. The van der Waals surface area contributed by atoms with E-state index in [9.17, 15) is 28.0 Å². The van der Waals surface area contributed by atoms with E-state index in [0.717, 1.165) is 49.1 Å².